The van der Waals surface area contributed by atoms with E-state index in [2.05, 4.69) is 36.3 Å². The van der Waals surface area contributed by atoms with Crippen LogP contribution in [0.4, 0.5) is 14.5 Å². The highest BCUT2D eigenvalue weighted by Gasteiger charge is 2.25. The van der Waals surface area contributed by atoms with E-state index in [1.165, 1.54) is 15.6 Å². The SMILES string of the molecule is Cc1c(Br)c(C(F)F)nn1[C@H](C)c1nnc(CCn2cc([N+](=O)[O-])cn2)o1. The number of nitro groups is 1. The molecule has 0 aliphatic carbocycles. The molecule has 0 aliphatic heterocycles. The van der Waals surface area contributed by atoms with Gasteiger partial charge in [0.1, 0.15) is 24.1 Å². The lowest BCUT2D eigenvalue weighted by Crippen LogP contribution is -2.11. The third-order valence-corrected chi connectivity index (χ3v) is 4.88. The van der Waals surface area contributed by atoms with Crippen LogP contribution in [0.5, 0.6) is 0 Å². The van der Waals surface area contributed by atoms with E-state index in [9.17, 15) is 18.9 Å². The summed E-state index contributed by atoms with van der Waals surface area (Å²) in [5.74, 6) is 0.517. The molecule has 0 N–H and O–H groups in total. The predicted molar refractivity (Wildman–Crippen MR) is 90.3 cm³/mol. The summed E-state index contributed by atoms with van der Waals surface area (Å²) >= 11 is 3.12. The molecule has 0 aliphatic rings. The van der Waals surface area contributed by atoms with Crippen molar-refractivity contribution < 1.29 is 18.1 Å². The second-order valence-electron chi connectivity index (χ2n) is 5.71. The van der Waals surface area contributed by atoms with Crippen LogP contribution in [0.1, 0.15) is 42.6 Å². The van der Waals surface area contributed by atoms with E-state index in [1.807, 2.05) is 0 Å². The third kappa shape index (κ3) is 3.86. The molecule has 13 heteroatoms. The van der Waals surface area contributed by atoms with Gasteiger partial charge in [-0.3, -0.25) is 19.5 Å². The summed E-state index contributed by atoms with van der Waals surface area (Å²) in [4.78, 5) is 10.1. The molecule has 0 fully saturated rings. The Morgan fingerprint density at radius 2 is 2.15 bits per heavy atom. The van der Waals surface area contributed by atoms with Crippen LogP contribution >= 0.6 is 15.9 Å². The minimum Gasteiger partial charge on any atom is -0.423 e. The molecule has 0 aromatic carbocycles. The monoisotopic (exact) mass is 445 g/mol. The Balaban J connectivity index is 1.71. The molecule has 1 atom stereocenters. The first-order valence-electron chi connectivity index (χ1n) is 7.79. The van der Waals surface area contributed by atoms with Crippen molar-refractivity contribution in [2.45, 2.75) is 39.3 Å². The summed E-state index contributed by atoms with van der Waals surface area (Å²) in [5.41, 5.74) is 0.0603. The molecule has 27 heavy (non-hydrogen) atoms. The standard InChI is InChI=1S/C14H14BrF2N7O3/c1-7-11(15)12(13(16)17)21-23(7)8(2)14-20-19-10(27-14)3-4-22-6-9(5-18-22)24(25)26/h5-6,8,13H,3-4H2,1-2H3/t8-/m1/s1. The number of aryl methyl sites for hydroxylation is 2. The maximum Gasteiger partial charge on any atom is 0.306 e. The molecule has 10 nitrogen and oxygen atoms in total. The average Bonchev–Trinajstić information content (AvgIpc) is 3.33. The Bertz CT molecular complexity index is 968. The average molecular weight is 446 g/mol. The van der Waals surface area contributed by atoms with E-state index >= 15 is 0 Å². The number of halogens is 3. The summed E-state index contributed by atoms with van der Waals surface area (Å²) in [7, 11) is 0. The van der Waals surface area contributed by atoms with Crippen molar-refractivity contribution in [2.24, 2.45) is 0 Å². The fourth-order valence-electron chi connectivity index (χ4n) is 2.46. The molecular weight excluding hydrogens is 432 g/mol. The molecule has 0 amide bonds. The molecule has 0 saturated heterocycles. The normalized spacial score (nSPS) is 12.7. The van der Waals surface area contributed by atoms with Crippen LogP contribution < -0.4 is 0 Å². The van der Waals surface area contributed by atoms with Gasteiger partial charge in [0.2, 0.25) is 11.8 Å². The lowest BCUT2D eigenvalue weighted by atomic mass is 10.3. The van der Waals surface area contributed by atoms with Crippen molar-refractivity contribution in [1.82, 2.24) is 29.8 Å². The zero-order chi connectivity index (χ0) is 19.7. The van der Waals surface area contributed by atoms with Crippen molar-refractivity contribution in [1.29, 1.82) is 0 Å². The first-order valence-corrected chi connectivity index (χ1v) is 8.59. The topological polar surface area (TPSA) is 118 Å². The van der Waals surface area contributed by atoms with Gasteiger partial charge in [-0.25, -0.2) is 8.78 Å². The predicted octanol–water partition coefficient (Wildman–Crippen LogP) is 3.23. The van der Waals surface area contributed by atoms with Crippen molar-refractivity contribution in [3.05, 3.63) is 50.2 Å². The fourth-order valence-corrected chi connectivity index (χ4v) is 2.89. The van der Waals surface area contributed by atoms with Gasteiger partial charge in [-0.2, -0.15) is 10.2 Å². The van der Waals surface area contributed by atoms with Crippen molar-refractivity contribution in [3.63, 3.8) is 0 Å². The quantitative estimate of drug-likeness (QED) is 0.404. The highest BCUT2D eigenvalue weighted by molar-refractivity contribution is 9.10. The van der Waals surface area contributed by atoms with Crippen LogP contribution in [0.3, 0.4) is 0 Å². The maximum absolute atomic E-state index is 13.0. The highest BCUT2D eigenvalue weighted by atomic mass is 79.9. The van der Waals surface area contributed by atoms with Crippen LogP contribution in [0.15, 0.2) is 21.3 Å². The Morgan fingerprint density at radius 3 is 2.74 bits per heavy atom. The van der Waals surface area contributed by atoms with Gasteiger partial charge in [0.05, 0.1) is 15.1 Å². The Labute approximate surface area is 159 Å². The Morgan fingerprint density at radius 1 is 1.41 bits per heavy atom. The molecule has 0 bridgehead atoms. The molecule has 3 aromatic heterocycles. The van der Waals surface area contributed by atoms with E-state index in [0.29, 0.717) is 24.6 Å². The van der Waals surface area contributed by atoms with Crippen LogP contribution in [0, 0.1) is 17.0 Å². The molecule has 3 aromatic rings. The summed E-state index contributed by atoms with van der Waals surface area (Å²) in [6, 6.07) is -0.541. The van der Waals surface area contributed by atoms with Crippen LogP contribution in [0.25, 0.3) is 0 Å². The number of nitrogens with zero attached hydrogens (tertiary/aromatic N) is 7. The largest absolute Gasteiger partial charge is 0.423 e. The number of rotatable bonds is 7. The molecular formula is C14H14BrF2N7O3. The number of aromatic nitrogens is 6. The van der Waals surface area contributed by atoms with Crippen LogP contribution in [0.2, 0.25) is 0 Å². The lowest BCUT2D eigenvalue weighted by Gasteiger charge is -2.09. The number of alkyl halides is 2. The van der Waals surface area contributed by atoms with E-state index < -0.39 is 17.4 Å². The smallest absolute Gasteiger partial charge is 0.306 e. The number of hydrogen-bond acceptors (Lipinski definition) is 7. The van der Waals surface area contributed by atoms with E-state index in [0.717, 1.165) is 6.20 Å². The Kier molecular flexibility index (Phi) is 5.30. The lowest BCUT2D eigenvalue weighted by molar-refractivity contribution is -0.385. The minimum absolute atomic E-state index is 0.107. The van der Waals surface area contributed by atoms with Crippen LogP contribution in [-0.2, 0) is 13.0 Å². The molecule has 3 rings (SSSR count). The highest BCUT2D eigenvalue weighted by Crippen LogP contribution is 2.31. The molecule has 0 saturated carbocycles. The van der Waals surface area contributed by atoms with Crippen molar-refractivity contribution in [3.8, 4) is 0 Å². The molecule has 0 spiro atoms. The van der Waals surface area contributed by atoms with Gasteiger partial charge in [-0.05, 0) is 29.8 Å². The van der Waals surface area contributed by atoms with Gasteiger partial charge < -0.3 is 4.42 Å². The Hall–Kier alpha value is -2.70. The van der Waals surface area contributed by atoms with Gasteiger partial charge in [0, 0.05) is 13.0 Å². The molecule has 0 radical (unpaired) electrons. The maximum atomic E-state index is 13.0. The van der Waals surface area contributed by atoms with Gasteiger partial charge in [-0.15, -0.1) is 10.2 Å². The third-order valence-electron chi connectivity index (χ3n) is 3.90. The van der Waals surface area contributed by atoms with E-state index in [1.54, 1.807) is 13.8 Å². The summed E-state index contributed by atoms with van der Waals surface area (Å²) in [5, 5.41) is 26.3. The van der Waals surface area contributed by atoms with Gasteiger partial charge >= 0.3 is 5.69 Å². The summed E-state index contributed by atoms with van der Waals surface area (Å²) < 4.78 is 34.6. The molecule has 0 unspecified atom stereocenters. The van der Waals surface area contributed by atoms with Gasteiger partial charge in [0.15, 0.2) is 0 Å². The van der Waals surface area contributed by atoms with Gasteiger partial charge in [0.25, 0.3) is 6.43 Å². The molecule has 144 valence electrons. The number of hydrogen-bond donors (Lipinski definition) is 0. The van der Waals surface area contributed by atoms with Crippen LogP contribution in [-0.4, -0.2) is 34.7 Å². The first-order chi connectivity index (χ1) is 12.8. The molecule has 3 heterocycles. The summed E-state index contributed by atoms with van der Waals surface area (Å²) in [6.45, 7) is 3.67. The zero-order valence-corrected chi connectivity index (χ0v) is 15.8. The second-order valence-corrected chi connectivity index (χ2v) is 6.50. The minimum atomic E-state index is -2.71. The first kappa shape index (κ1) is 19.1. The zero-order valence-electron chi connectivity index (χ0n) is 14.2. The second kappa shape index (κ2) is 7.50. The van der Waals surface area contributed by atoms with Crippen molar-refractivity contribution in [2.75, 3.05) is 0 Å². The van der Waals surface area contributed by atoms with E-state index in [-0.39, 0.29) is 21.7 Å². The fraction of sp³-hybridized carbons (Fsp3) is 0.429. The van der Waals surface area contributed by atoms with E-state index in [4.69, 9.17) is 4.42 Å². The summed E-state index contributed by atoms with van der Waals surface area (Å²) in [6.07, 6.45) is 0.0575. The van der Waals surface area contributed by atoms with Crippen molar-refractivity contribution >= 4 is 21.6 Å². The van der Waals surface area contributed by atoms with Gasteiger partial charge in [-0.1, -0.05) is 0 Å².